The van der Waals surface area contributed by atoms with Crippen LogP contribution < -0.4 is 5.23 Å². The molecule has 58 valence electrons. The number of nitrogens with one attached hydrogen (secondary N) is 1. The van der Waals surface area contributed by atoms with Gasteiger partial charge in [-0.1, -0.05) is 11.6 Å². The van der Waals surface area contributed by atoms with E-state index in [1.54, 1.807) is 0 Å². The zero-order valence-electron chi connectivity index (χ0n) is 5.43. The average Bonchev–Trinajstić information content (AvgIpc) is 2.29. The number of anilines is 1. The van der Waals surface area contributed by atoms with Crippen molar-refractivity contribution in [2.75, 3.05) is 5.23 Å². The molecule has 1 heterocycles. The highest BCUT2D eigenvalue weighted by Crippen LogP contribution is 2.30. The maximum Gasteiger partial charge on any atom is 0.308 e. The van der Waals surface area contributed by atoms with E-state index in [1.165, 1.54) is 5.38 Å². The average molecular weight is 191 g/mol. The zero-order chi connectivity index (χ0) is 8.27. The lowest BCUT2D eigenvalue weighted by molar-refractivity contribution is 0.568. The topological polar surface area (TPSA) is 29.1 Å². The van der Waals surface area contributed by atoms with Gasteiger partial charge in [-0.15, -0.1) is 11.3 Å². The molecular formula is C5H4BClFNOS. The van der Waals surface area contributed by atoms with Gasteiger partial charge in [0.15, 0.2) is 5.82 Å². The van der Waals surface area contributed by atoms with Gasteiger partial charge >= 0.3 is 7.41 Å². The van der Waals surface area contributed by atoms with Gasteiger partial charge in [-0.05, 0) is 0 Å². The van der Waals surface area contributed by atoms with Gasteiger partial charge in [0.2, 0.25) is 0 Å². The van der Waals surface area contributed by atoms with Crippen LogP contribution in [0, 0.1) is 5.82 Å². The first-order valence-corrected chi connectivity index (χ1v) is 4.11. The molecule has 0 aliphatic heterocycles. The summed E-state index contributed by atoms with van der Waals surface area (Å²) in [5, 5.41) is 3.83. The molecule has 11 heavy (non-hydrogen) atoms. The van der Waals surface area contributed by atoms with Crippen molar-refractivity contribution in [2.24, 2.45) is 0 Å². The van der Waals surface area contributed by atoms with Gasteiger partial charge in [0.25, 0.3) is 0 Å². The van der Waals surface area contributed by atoms with Crippen LogP contribution in [0.4, 0.5) is 10.1 Å². The second-order valence-electron chi connectivity index (χ2n) is 1.78. The summed E-state index contributed by atoms with van der Waals surface area (Å²) in [4.78, 5) is 9.90. The van der Waals surface area contributed by atoms with Crippen molar-refractivity contribution in [3.63, 3.8) is 0 Å². The SMILES string of the molecule is O=CBNc1c(F)csc1Cl. The predicted octanol–water partition coefficient (Wildman–Crippen LogP) is 1.49. The van der Waals surface area contributed by atoms with Crippen LogP contribution in [0.5, 0.6) is 0 Å². The molecule has 1 aromatic rings. The van der Waals surface area contributed by atoms with E-state index in [0.717, 1.165) is 11.3 Å². The second-order valence-corrected chi connectivity index (χ2v) is 3.26. The highest BCUT2D eigenvalue weighted by atomic mass is 35.5. The number of hydrogen-bond acceptors (Lipinski definition) is 3. The molecule has 0 fully saturated rings. The molecule has 0 aromatic carbocycles. The lowest BCUT2D eigenvalue weighted by Gasteiger charge is -1.97. The molecule has 1 N–H and O–H groups in total. The minimum absolute atomic E-state index is 0.0768. The summed E-state index contributed by atoms with van der Waals surface area (Å²) in [6.45, 7) is 0. The number of halogens is 2. The van der Waals surface area contributed by atoms with Crippen LogP contribution in [0.3, 0.4) is 0 Å². The van der Waals surface area contributed by atoms with Crippen LogP contribution in [0.2, 0.25) is 4.34 Å². The van der Waals surface area contributed by atoms with E-state index in [2.05, 4.69) is 5.23 Å². The summed E-state index contributed by atoms with van der Waals surface area (Å²) in [5.41, 5.74) is 0.212. The van der Waals surface area contributed by atoms with Crippen LogP contribution >= 0.6 is 22.9 Å². The first-order chi connectivity index (χ1) is 5.25. The molecule has 6 heteroatoms. The third kappa shape index (κ3) is 1.94. The van der Waals surface area contributed by atoms with E-state index in [-0.39, 0.29) is 13.1 Å². The number of carbonyl (C=O) groups excluding carboxylic acids is 1. The minimum atomic E-state index is -0.415. The number of thiophene rings is 1. The Hall–Kier alpha value is -0.545. The summed E-state index contributed by atoms with van der Waals surface area (Å²) in [6.07, 6.45) is 0.646. The Morgan fingerprint density at radius 1 is 1.82 bits per heavy atom. The van der Waals surface area contributed by atoms with Crippen LogP contribution in [0.15, 0.2) is 5.38 Å². The molecule has 0 saturated heterocycles. The molecule has 0 atom stereocenters. The van der Waals surface area contributed by atoms with Gasteiger partial charge in [0.1, 0.15) is 10.5 Å². The smallest absolute Gasteiger partial charge is 0.308 e. The van der Waals surface area contributed by atoms with Gasteiger partial charge in [-0.3, -0.25) is 0 Å². The summed E-state index contributed by atoms with van der Waals surface area (Å²) in [7, 11) is 0.0768. The van der Waals surface area contributed by atoms with Crippen LogP contribution in [-0.4, -0.2) is 13.6 Å². The third-order valence-electron chi connectivity index (χ3n) is 1.06. The summed E-state index contributed by atoms with van der Waals surface area (Å²) < 4.78 is 13.0. The molecule has 0 aliphatic rings. The van der Waals surface area contributed by atoms with E-state index >= 15 is 0 Å². The highest BCUT2D eigenvalue weighted by molar-refractivity contribution is 7.15. The van der Waals surface area contributed by atoms with E-state index in [9.17, 15) is 9.18 Å². The molecule has 0 amide bonds. The van der Waals surface area contributed by atoms with Crippen molar-refractivity contribution in [1.82, 2.24) is 0 Å². The fourth-order valence-electron chi connectivity index (χ4n) is 0.613. The molecule has 0 radical (unpaired) electrons. The normalized spacial score (nSPS) is 9.27. The van der Waals surface area contributed by atoms with Crippen molar-refractivity contribution in [1.29, 1.82) is 0 Å². The first-order valence-electron chi connectivity index (χ1n) is 2.85. The van der Waals surface area contributed by atoms with Gasteiger partial charge in [-0.25, -0.2) is 4.39 Å². The predicted molar refractivity (Wildman–Crippen MR) is 46.8 cm³/mol. The largest absolute Gasteiger partial charge is 0.420 e. The first kappa shape index (κ1) is 8.55. The van der Waals surface area contributed by atoms with Crippen LogP contribution in [0.1, 0.15) is 0 Å². The van der Waals surface area contributed by atoms with Crippen molar-refractivity contribution < 1.29 is 9.18 Å². The quantitative estimate of drug-likeness (QED) is 0.579. The second kappa shape index (κ2) is 3.73. The minimum Gasteiger partial charge on any atom is -0.420 e. The molecule has 0 spiro atoms. The lowest BCUT2D eigenvalue weighted by atomic mass is 9.99. The van der Waals surface area contributed by atoms with Crippen LogP contribution in [0.25, 0.3) is 0 Å². The molecule has 0 aliphatic carbocycles. The van der Waals surface area contributed by atoms with Crippen molar-refractivity contribution in [3.8, 4) is 0 Å². The van der Waals surface area contributed by atoms with E-state index in [1.807, 2.05) is 0 Å². The number of rotatable bonds is 3. The number of carbonyl (C=O) groups is 1. The summed E-state index contributed by atoms with van der Waals surface area (Å²) in [6, 6.07) is 0. The Kier molecular flexibility index (Phi) is 2.90. The Morgan fingerprint density at radius 2 is 2.55 bits per heavy atom. The van der Waals surface area contributed by atoms with E-state index in [0.29, 0.717) is 10.5 Å². The van der Waals surface area contributed by atoms with Crippen molar-refractivity contribution >= 4 is 42.2 Å². The van der Waals surface area contributed by atoms with Gasteiger partial charge < -0.3 is 10.0 Å². The van der Waals surface area contributed by atoms with Gasteiger partial charge in [0.05, 0.1) is 5.69 Å². The Balaban J connectivity index is 2.74. The monoisotopic (exact) mass is 191 g/mol. The fraction of sp³-hybridized carbons (Fsp3) is 0. The molecule has 2 nitrogen and oxygen atoms in total. The van der Waals surface area contributed by atoms with E-state index < -0.39 is 5.82 Å². The van der Waals surface area contributed by atoms with Crippen molar-refractivity contribution in [3.05, 3.63) is 15.5 Å². The van der Waals surface area contributed by atoms with E-state index in [4.69, 9.17) is 11.6 Å². The Bertz CT molecular complexity index is 247. The molecule has 1 rings (SSSR count). The maximum atomic E-state index is 12.7. The summed E-state index contributed by atoms with van der Waals surface area (Å²) in [5.74, 6) is -0.415. The number of hydrogen-bond donors (Lipinski definition) is 1. The molecule has 0 bridgehead atoms. The van der Waals surface area contributed by atoms with Crippen molar-refractivity contribution in [2.45, 2.75) is 0 Å². The fourth-order valence-corrected chi connectivity index (χ4v) is 1.52. The Morgan fingerprint density at radius 3 is 3.00 bits per heavy atom. The molecule has 1 aromatic heterocycles. The van der Waals surface area contributed by atoms with Gasteiger partial charge in [0, 0.05) is 5.38 Å². The molecule has 0 unspecified atom stereocenters. The summed E-state index contributed by atoms with van der Waals surface area (Å²) >= 11 is 6.67. The standard InChI is InChI=1S/C5H4BClFNOS/c7-5-4(9-6-2-10)3(8)1-11-5/h1-2,6,9H. The van der Waals surface area contributed by atoms with Crippen LogP contribution in [-0.2, 0) is 4.79 Å². The highest BCUT2D eigenvalue weighted by Gasteiger charge is 2.08. The maximum absolute atomic E-state index is 12.7. The molecular weight excluding hydrogens is 187 g/mol. The molecule has 0 saturated carbocycles. The third-order valence-corrected chi connectivity index (χ3v) is 2.26. The Labute approximate surface area is 72.6 Å². The van der Waals surface area contributed by atoms with Gasteiger partial charge in [-0.2, -0.15) is 0 Å². The lowest BCUT2D eigenvalue weighted by Crippen LogP contribution is -2.07. The zero-order valence-corrected chi connectivity index (χ0v) is 7.01.